The number of carbonyl (C=O) groups is 2. The Hall–Kier alpha value is -3.74. The third-order valence-electron chi connectivity index (χ3n) is 3.32. The van der Waals surface area contributed by atoms with E-state index in [2.05, 4.69) is 15.6 Å². The van der Waals surface area contributed by atoms with Crippen LogP contribution in [-0.2, 0) is 4.79 Å². The standard InChI is InChI=1S/C19H14FN3O3/c20-14-5-1-6-15(11-14)22-18(24)16(10-13-4-2-8-21-12-13)23-19(25)17-7-3-9-26-17/h1-12H,(H,22,24)(H,23,25)/b16-10-. The van der Waals surface area contributed by atoms with Gasteiger partial charge in [-0.15, -0.1) is 0 Å². The number of benzene rings is 1. The molecule has 0 aliphatic rings. The molecule has 0 saturated carbocycles. The monoisotopic (exact) mass is 351 g/mol. The van der Waals surface area contributed by atoms with Crippen molar-refractivity contribution >= 4 is 23.6 Å². The summed E-state index contributed by atoms with van der Waals surface area (Å²) in [5, 5.41) is 5.04. The molecule has 0 aliphatic carbocycles. The van der Waals surface area contributed by atoms with Gasteiger partial charge in [-0.3, -0.25) is 14.6 Å². The molecule has 0 fully saturated rings. The van der Waals surface area contributed by atoms with Crippen LogP contribution in [0.25, 0.3) is 6.08 Å². The molecule has 0 aliphatic heterocycles. The van der Waals surface area contributed by atoms with Crippen LogP contribution >= 0.6 is 0 Å². The van der Waals surface area contributed by atoms with E-state index in [0.29, 0.717) is 5.56 Å². The van der Waals surface area contributed by atoms with E-state index in [1.807, 2.05) is 0 Å². The molecule has 130 valence electrons. The summed E-state index contributed by atoms with van der Waals surface area (Å²) < 4.78 is 18.3. The van der Waals surface area contributed by atoms with Crippen molar-refractivity contribution in [2.24, 2.45) is 0 Å². The summed E-state index contributed by atoms with van der Waals surface area (Å²) in [6.45, 7) is 0. The van der Waals surface area contributed by atoms with Crippen molar-refractivity contribution in [1.29, 1.82) is 0 Å². The van der Waals surface area contributed by atoms with Crippen LogP contribution in [0.5, 0.6) is 0 Å². The number of nitrogens with one attached hydrogen (secondary N) is 2. The molecule has 3 rings (SSSR count). The van der Waals surface area contributed by atoms with E-state index >= 15 is 0 Å². The van der Waals surface area contributed by atoms with Gasteiger partial charge in [-0.1, -0.05) is 12.1 Å². The first-order valence-electron chi connectivity index (χ1n) is 7.65. The fourth-order valence-electron chi connectivity index (χ4n) is 2.14. The number of hydrogen-bond acceptors (Lipinski definition) is 4. The van der Waals surface area contributed by atoms with Gasteiger partial charge in [-0.25, -0.2) is 4.39 Å². The lowest BCUT2D eigenvalue weighted by molar-refractivity contribution is -0.113. The predicted octanol–water partition coefficient (Wildman–Crippen LogP) is 3.22. The summed E-state index contributed by atoms with van der Waals surface area (Å²) in [5.41, 5.74) is 0.833. The molecule has 2 amide bonds. The Morgan fingerprint density at radius 1 is 1.12 bits per heavy atom. The second-order valence-corrected chi connectivity index (χ2v) is 5.24. The zero-order valence-electron chi connectivity index (χ0n) is 13.5. The van der Waals surface area contributed by atoms with Gasteiger partial charge in [0.05, 0.1) is 6.26 Å². The van der Waals surface area contributed by atoms with Gasteiger partial charge in [-0.05, 0) is 48.0 Å². The summed E-state index contributed by atoms with van der Waals surface area (Å²) in [6.07, 6.45) is 5.94. The third kappa shape index (κ3) is 4.41. The molecule has 0 bridgehead atoms. The smallest absolute Gasteiger partial charge is 0.291 e. The predicted molar refractivity (Wildman–Crippen MR) is 93.4 cm³/mol. The Bertz CT molecular complexity index is 938. The average molecular weight is 351 g/mol. The molecule has 0 saturated heterocycles. The van der Waals surface area contributed by atoms with Crippen LogP contribution in [-0.4, -0.2) is 16.8 Å². The molecule has 7 heteroatoms. The maximum absolute atomic E-state index is 13.3. The lowest BCUT2D eigenvalue weighted by Crippen LogP contribution is -2.30. The highest BCUT2D eigenvalue weighted by Crippen LogP contribution is 2.12. The number of hydrogen-bond donors (Lipinski definition) is 2. The zero-order valence-corrected chi connectivity index (χ0v) is 13.5. The van der Waals surface area contributed by atoms with Gasteiger partial charge in [0.25, 0.3) is 11.8 Å². The lowest BCUT2D eigenvalue weighted by atomic mass is 10.2. The molecule has 2 aromatic heterocycles. The zero-order chi connectivity index (χ0) is 18.4. The highest BCUT2D eigenvalue weighted by molar-refractivity contribution is 6.10. The number of nitrogens with zero attached hydrogens (tertiary/aromatic N) is 1. The maximum atomic E-state index is 13.3. The van der Waals surface area contributed by atoms with Crippen molar-refractivity contribution in [1.82, 2.24) is 10.3 Å². The fourth-order valence-corrected chi connectivity index (χ4v) is 2.14. The summed E-state index contributed by atoms with van der Waals surface area (Å²) in [6, 6.07) is 11.9. The van der Waals surface area contributed by atoms with Gasteiger partial charge in [0.15, 0.2) is 5.76 Å². The van der Waals surface area contributed by atoms with Crippen molar-refractivity contribution in [3.8, 4) is 0 Å². The van der Waals surface area contributed by atoms with Crippen molar-refractivity contribution < 1.29 is 18.4 Å². The number of aromatic nitrogens is 1. The van der Waals surface area contributed by atoms with Crippen molar-refractivity contribution in [3.05, 3.63) is 90.0 Å². The van der Waals surface area contributed by atoms with Crippen molar-refractivity contribution in [2.75, 3.05) is 5.32 Å². The minimum Gasteiger partial charge on any atom is -0.459 e. The molecule has 0 spiro atoms. The third-order valence-corrected chi connectivity index (χ3v) is 3.32. The minimum atomic E-state index is -0.612. The van der Waals surface area contributed by atoms with Gasteiger partial charge in [-0.2, -0.15) is 0 Å². The number of carbonyl (C=O) groups excluding carboxylic acids is 2. The Balaban J connectivity index is 1.85. The summed E-state index contributed by atoms with van der Waals surface area (Å²) in [7, 11) is 0. The molecule has 3 aromatic rings. The summed E-state index contributed by atoms with van der Waals surface area (Å²) in [4.78, 5) is 28.7. The average Bonchev–Trinajstić information content (AvgIpc) is 3.17. The van der Waals surface area contributed by atoms with Crippen LogP contribution in [0.1, 0.15) is 16.1 Å². The molecule has 2 heterocycles. The van der Waals surface area contributed by atoms with Crippen LogP contribution < -0.4 is 10.6 Å². The van der Waals surface area contributed by atoms with E-state index in [0.717, 1.165) is 0 Å². The Morgan fingerprint density at radius 2 is 2.00 bits per heavy atom. The highest BCUT2D eigenvalue weighted by atomic mass is 19.1. The normalized spacial score (nSPS) is 11.0. The number of furan rings is 1. The highest BCUT2D eigenvalue weighted by Gasteiger charge is 2.16. The number of rotatable bonds is 5. The van der Waals surface area contributed by atoms with E-state index in [-0.39, 0.29) is 17.1 Å². The fraction of sp³-hybridized carbons (Fsp3) is 0. The second-order valence-electron chi connectivity index (χ2n) is 5.24. The van der Waals surface area contributed by atoms with E-state index < -0.39 is 17.6 Å². The van der Waals surface area contributed by atoms with Crippen LogP contribution in [0.15, 0.2) is 77.3 Å². The Kier molecular flexibility index (Phi) is 5.19. The van der Waals surface area contributed by atoms with E-state index in [4.69, 9.17) is 4.42 Å². The van der Waals surface area contributed by atoms with Gasteiger partial charge in [0, 0.05) is 18.1 Å². The lowest BCUT2D eigenvalue weighted by Gasteiger charge is -2.10. The summed E-state index contributed by atoms with van der Waals surface area (Å²) >= 11 is 0. The number of pyridine rings is 1. The quantitative estimate of drug-likeness (QED) is 0.691. The topological polar surface area (TPSA) is 84.2 Å². The molecule has 0 radical (unpaired) electrons. The largest absolute Gasteiger partial charge is 0.459 e. The molecule has 26 heavy (non-hydrogen) atoms. The SMILES string of the molecule is O=C(Nc1cccc(F)c1)/C(=C/c1cccnc1)NC(=O)c1ccco1. The molecule has 0 atom stereocenters. The molecular formula is C19H14FN3O3. The van der Waals surface area contributed by atoms with Crippen LogP contribution in [0, 0.1) is 5.82 Å². The Morgan fingerprint density at radius 3 is 2.69 bits per heavy atom. The first-order valence-corrected chi connectivity index (χ1v) is 7.65. The van der Waals surface area contributed by atoms with Gasteiger partial charge in [0.1, 0.15) is 11.5 Å². The van der Waals surface area contributed by atoms with Crippen molar-refractivity contribution in [3.63, 3.8) is 0 Å². The van der Waals surface area contributed by atoms with Crippen molar-refractivity contribution in [2.45, 2.75) is 0 Å². The molecule has 0 unspecified atom stereocenters. The van der Waals surface area contributed by atoms with E-state index in [1.54, 1.807) is 24.4 Å². The maximum Gasteiger partial charge on any atom is 0.291 e. The second kappa shape index (κ2) is 7.89. The Labute approximate surface area is 148 Å². The van der Waals surface area contributed by atoms with Crippen LogP contribution in [0.4, 0.5) is 10.1 Å². The minimum absolute atomic E-state index is 0.0383. The summed E-state index contributed by atoms with van der Waals surface area (Å²) in [5.74, 6) is -1.63. The molecular weight excluding hydrogens is 337 g/mol. The number of halogens is 1. The number of amides is 2. The molecule has 6 nitrogen and oxygen atoms in total. The first-order chi connectivity index (χ1) is 12.6. The van der Waals surface area contributed by atoms with E-state index in [9.17, 15) is 14.0 Å². The van der Waals surface area contributed by atoms with Gasteiger partial charge >= 0.3 is 0 Å². The first kappa shape index (κ1) is 17.1. The van der Waals surface area contributed by atoms with Crippen LogP contribution in [0.3, 0.4) is 0 Å². The molecule has 2 N–H and O–H groups in total. The number of anilines is 1. The van der Waals surface area contributed by atoms with E-state index in [1.165, 1.54) is 48.9 Å². The molecule has 1 aromatic carbocycles. The van der Waals surface area contributed by atoms with Gasteiger partial charge < -0.3 is 15.1 Å². The van der Waals surface area contributed by atoms with Gasteiger partial charge in [0.2, 0.25) is 0 Å². The van der Waals surface area contributed by atoms with Crippen LogP contribution in [0.2, 0.25) is 0 Å².